The van der Waals surface area contributed by atoms with Crippen LogP contribution in [0.2, 0.25) is 0 Å². The van der Waals surface area contributed by atoms with Crippen LogP contribution in [-0.4, -0.2) is 23.3 Å². The van der Waals surface area contributed by atoms with Crippen molar-refractivity contribution in [2.75, 3.05) is 13.2 Å². The van der Waals surface area contributed by atoms with Gasteiger partial charge in [0.1, 0.15) is 0 Å². The predicted molar refractivity (Wildman–Crippen MR) is 59.7 cm³/mol. The Labute approximate surface area is 91.1 Å². The van der Waals surface area contributed by atoms with Crippen molar-refractivity contribution in [3.8, 4) is 0 Å². The van der Waals surface area contributed by atoms with Gasteiger partial charge < -0.3 is 9.84 Å². The largest absolute Gasteiger partial charge is 0.379 e. The molecular weight excluding hydrogens is 190 g/mol. The lowest BCUT2D eigenvalue weighted by molar-refractivity contribution is -0.186. The fraction of sp³-hybridized carbons (Fsp3) is 0.583. The molecule has 1 aromatic rings. The highest BCUT2D eigenvalue weighted by molar-refractivity contribution is 5.22. The fourth-order valence-electron chi connectivity index (χ4n) is 1.39. The zero-order valence-corrected chi connectivity index (χ0v) is 9.66. The number of ether oxygens (including phenoxy) is 1. The molecule has 0 atom stereocenters. The number of pyridine rings is 1. The summed E-state index contributed by atoms with van der Waals surface area (Å²) in [6.45, 7) is 6.82. The molecule has 3 heteroatoms. The maximum atomic E-state index is 9.91. The smallest absolute Gasteiger partial charge is 0.153 e. The Morgan fingerprint density at radius 1 is 1.47 bits per heavy atom. The van der Waals surface area contributed by atoms with Crippen LogP contribution in [0.4, 0.5) is 0 Å². The monoisotopic (exact) mass is 209 g/mol. The van der Waals surface area contributed by atoms with E-state index in [1.54, 1.807) is 6.20 Å². The Hall–Kier alpha value is -0.930. The SMILES string of the molecule is CC.CCc1ccnc(C2(O)COC2)c1. The normalized spacial score (nSPS) is 17.3. The maximum absolute atomic E-state index is 9.91. The van der Waals surface area contributed by atoms with Gasteiger partial charge in [-0.05, 0) is 24.1 Å². The van der Waals surface area contributed by atoms with Gasteiger partial charge in [0, 0.05) is 6.20 Å². The molecular formula is C12H19NO2. The Morgan fingerprint density at radius 3 is 2.60 bits per heavy atom. The predicted octanol–water partition coefficient (Wildman–Crippen LogP) is 1.89. The molecule has 1 saturated heterocycles. The van der Waals surface area contributed by atoms with E-state index in [0.29, 0.717) is 13.2 Å². The zero-order valence-electron chi connectivity index (χ0n) is 9.66. The molecule has 1 aliphatic rings. The van der Waals surface area contributed by atoms with Crippen LogP contribution in [0.5, 0.6) is 0 Å². The van der Waals surface area contributed by atoms with Gasteiger partial charge in [0.05, 0.1) is 18.9 Å². The molecule has 1 aromatic heterocycles. The van der Waals surface area contributed by atoms with E-state index in [0.717, 1.165) is 12.1 Å². The Bertz CT molecular complexity index is 308. The summed E-state index contributed by atoms with van der Waals surface area (Å²) in [5.41, 5.74) is 1.11. The molecule has 0 aromatic carbocycles. The number of aliphatic hydroxyl groups is 1. The standard InChI is InChI=1S/C10H13NO2.C2H6/c1-2-8-3-4-11-9(5-8)10(12)6-13-7-10;1-2/h3-5,12H,2,6-7H2,1H3;1-2H3. The molecule has 3 nitrogen and oxygen atoms in total. The van der Waals surface area contributed by atoms with Gasteiger partial charge in [-0.1, -0.05) is 20.8 Å². The molecule has 0 aliphatic carbocycles. The highest BCUT2D eigenvalue weighted by Gasteiger charge is 2.39. The third kappa shape index (κ3) is 2.55. The zero-order chi connectivity index (χ0) is 11.3. The number of nitrogens with zero attached hydrogens (tertiary/aromatic N) is 1. The van der Waals surface area contributed by atoms with E-state index in [-0.39, 0.29) is 0 Å². The first-order valence-corrected chi connectivity index (χ1v) is 5.50. The van der Waals surface area contributed by atoms with E-state index in [4.69, 9.17) is 4.74 Å². The number of hydrogen-bond acceptors (Lipinski definition) is 3. The third-order valence-electron chi connectivity index (χ3n) is 2.39. The Kier molecular flexibility index (Phi) is 4.24. The topological polar surface area (TPSA) is 42.4 Å². The highest BCUT2D eigenvalue weighted by atomic mass is 16.5. The molecule has 84 valence electrons. The van der Waals surface area contributed by atoms with Crippen molar-refractivity contribution in [1.82, 2.24) is 4.98 Å². The first kappa shape index (κ1) is 12.1. The van der Waals surface area contributed by atoms with Crippen LogP contribution in [0.25, 0.3) is 0 Å². The lowest BCUT2D eigenvalue weighted by atomic mass is 9.96. The highest BCUT2D eigenvalue weighted by Crippen LogP contribution is 2.27. The number of aryl methyl sites for hydroxylation is 1. The molecule has 0 saturated carbocycles. The summed E-state index contributed by atoms with van der Waals surface area (Å²) in [5.74, 6) is 0. The van der Waals surface area contributed by atoms with Crippen molar-refractivity contribution in [2.45, 2.75) is 32.8 Å². The van der Waals surface area contributed by atoms with Crippen LogP contribution in [-0.2, 0) is 16.8 Å². The second-order valence-corrected chi connectivity index (χ2v) is 3.43. The molecule has 1 N–H and O–H groups in total. The summed E-state index contributed by atoms with van der Waals surface area (Å²) in [4.78, 5) is 4.15. The molecule has 1 aliphatic heterocycles. The van der Waals surface area contributed by atoms with Crippen molar-refractivity contribution in [3.05, 3.63) is 29.6 Å². The van der Waals surface area contributed by atoms with Gasteiger partial charge >= 0.3 is 0 Å². The Balaban J connectivity index is 0.000000531. The van der Waals surface area contributed by atoms with Crippen LogP contribution in [0.1, 0.15) is 32.0 Å². The second-order valence-electron chi connectivity index (χ2n) is 3.43. The molecule has 0 spiro atoms. The average molecular weight is 209 g/mol. The minimum atomic E-state index is -0.828. The van der Waals surface area contributed by atoms with E-state index in [2.05, 4.69) is 11.9 Å². The Morgan fingerprint density at radius 2 is 2.13 bits per heavy atom. The maximum Gasteiger partial charge on any atom is 0.153 e. The van der Waals surface area contributed by atoms with Gasteiger partial charge in [0.15, 0.2) is 5.60 Å². The molecule has 0 unspecified atom stereocenters. The van der Waals surface area contributed by atoms with E-state index in [1.165, 1.54) is 5.56 Å². The molecule has 15 heavy (non-hydrogen) atoms. The van der Waals surface area contributed by atoms with E-state index in [9.17, 15) is 5.11 Å². The van der Waals surface area contributed by atoms with Gasteiger partial charge in [-0.25, -0.2) is 0 Å². The average Bonchev–Trinajstić information content (AvgIpc) is 2.29. The quantitative estimate of drug-likeness (QED) is 0.808. The van der Waals surface area contributed by atoms with Crippen LogP contribution in [0, 0.1) is 0 Å². The fourth-order valence-corrected chi connectivity index (χ4v) is 1.39. The molecule has 0 amide bonds. The first-order chi connectivity index (χ1) is 7.24. The van der Waals surface area contributed by atoms with Crippen LogP contribution in [0.15, 0.2) is 18.3 Å². The number of aromatic nitrogens is 1. The van der Waals surface area contributed by atoms with Gasteiger partial charge in [-0.3, -0.25) is 4.98 Å². The molecule has 1 fully saturated rings. The summed E-state index contributed by atoms with van der Waals surface area (Å²) >= 11 is 0. The number of hydrogen-bond donors (Lipinski definition) is 1. The van der Waals surface area contributed by atoms with Crippen molar-refractivity contribution in [1.29, 1.82) is 0 Å². The lowest BCUT2D eigenvalue weighted by Crippen LogP contribution is -2.47. The minimum Gasteiger partial charge on any atom is -0.379 e. The summed E-state index contributed by atoms with van der Waals surface area (Å²) in [6.07, 6.45) is 2.71. The minimum absolute atomic E-state index is 0.368. The molecule has 2 rings (SSSR count). The summed E-state index contributed by atoms with van der Waals surface area (Å²) in [6, 6.07) is 3.91. The van der Waals surface area contributed by atoms with E-state index >= 15 is 0 Å². The molecule has 0 bridgehead atoms. The van der Waals surface area contributed by atoms with E-state index < -0.39 is 5.60 Å². The third-order valence-corrected chi connectivity index (χ3v) is 2.39. The molecule has 2 heterocycles. The van der Waals surface area contributed by atoms with Crippen molar-refractivity contribution < 1.29 is 9.84 Å². The first-order valence-electron chi connectivity index (χ1n) is 5.50. The van der Waals surface area contributed by atoms with Crippen LogP contribution >= 0.6 is 0 Å². The molecule has 0 radical (unpaired) electrons. The second kappa shape index (κ2) is 5.24. The van der Waals surface area contributed by atoms with Crippen LogP contribution < -0.4 is 0 Å². The van der Waals surface area contributed by atoms with Crippen molar-refractivity contribution >= 4 is 0 Å². The van der Waals surface area contributed by atoms with Crippen LogP contribution in [0.3, 0.4) is 0 Å². The summed E-state index contributed by atoms with van der Waals surface area (Å²) in [7, 11) is 0. The van der Waals surface area contributed by atoms with Crippen molar-refractivity contribution in [2.24, 2.45) is 0 Å². The van der Waals surface area contributed by atoms with Gasteiger partial charge in [0.2, 0.25) is 0 Å². The van der Waals surface area contributed by atoms with E-state index in [1.807, 2.05) is 26.0 Å². The van der Waals surface area contributed by atoms with Gasteiger partial charge in [-0.2, -0.15) is 0 Å². The van der Waals surface area contributed by atoms with Crippen molar-refractivity contribution in [3.63, 3.8) is 0 Å². The van der Waals surface area contributed by atoms with Gasteiger partial charge in [-0.15, -0.1) is 0 Å². The lowest BCUT2D eigenvalue weighted by Gasteiger charge is -2.35. The summed E-state index contributed by atoms with van der Waals surface area (Å²) < 4.78 is 4.98. The summed E-state index contributed by atoms with van der Waals surface area (Å²) in [5, 5.41) is 9.91. The number of rotatable bonds is 2. The van der Waals surface area contributed by atoms with Gasteiger partial charge in [0.25, 0.3) is 0 Å².